The summed E-state index contributed by atoms with van der Waals surface area (Å²) in [5, 5.41) is 5.89. The van der Waals surface area contributed by atoms with Crippen molar-refractivity contribution in [3.63, 3.8) is 0 Å². The van der Waals surface area contributed by atoms with Crippen molar-refractivity contribution < 1.29 is 14.3 Å². The van der Waals surface area contributed by atoms with E-state index in [9.17, 15) is 9.59 Å². The molecule has 150 valence electrons. The molecule has 0 fully saturated rings. The van der Waals surface area contributed by atoms with Crippen molar-refractivity contribution in [3.8, 4) is 5.75 Å². The molecule has 1 atom stereocenters. The Bertz CT molecular complexity index is 952. The summed E-state index contributed by atoms with van der Waals surface area (Å²) in [6, 6.07) is 21.0. The van der Waals surface area contributed by atoms with E-state index >= 15 is 0 Å². The van der Waals surface area contributed by atoms with Gasteiger partial charge in [-0.05, 0) is 42.3 Å². The molecule has 1 heterocycles. The summed E-state index contributed by atoms with van der Waals surface area (Å²) in [6.07, 6.45) is 0. The first kappa shape index (κ1) is 20.6. The Morgan fingerprint density at radius 3 is 2.31 bits per heavy atom. The van der Waals surface area contributed by atoms with E-state index in [1.54, 1.807) is 6.07 Å². The minimum absolute atomic E-state index is 0.0935. The molecule has 2 N–H and O–H groups in total. The van der Waals surface area contributed by atoms with Crippen molar-refractivity contribution in [1.29, 1.82) is 0 Å². The van der Waals surface area contributed by atoms with Gasteiger partial charge < -0.3 is 15.4 Å². The predicted octanol–water partition coefficient (Wildman–Crippen LogP) is 4.30. The van der Waals surface area contributed by atoms with E-state index < -0.39 is 0 Å². The molecular formula is C23H24N2O3S. The Hall–Kier alpha value is -3.12. The van der Waals surface area contributed by atoms with Gasteiger partial charge in [0, 0.05) is 11.8 Å². The van der Waals surface area contributed by atoms with Gasteiger partial charge in [-0.3, -0.25) is 9.59 Å². The van der Waals surface area contributed by atoms with Crippen LogP contribution in [0.5, 0.6) is 5.75 Å². The molecule has 0 aliphatic carbocycles. The summed E-state index contributed by atoms with van der Waals surface area (Å²) in [6.45, 7) is 4.45. The lowest BCUT2D eigenvalue weighted by molar-refractivity contribution is -0.119. The van der Waals surface area contributed by atoms with Crippen molar-refractivity contribution >= 4 is 23.2 Å². The minimum atomic E-state index is -0.278. The number of nitrogens with one attached hydrogen (secondary N) is 2. The van der Waals surface area contributed by atoms with Gasteiger partial charge in [0.15, 0.2) is 0 Å². The van der Waals surface area contributed by atoms with Crippen molar-refractivity contribution in [2.75, 3.05) is 6.61 Å². The van der Waals surface area contributed by atoms with Crippen LogP contribution in [-0.4, -0.2) is 18.4 Å². The maximum atomic E-state index is 12.9. The maximum absolute atomic E-state index is 12.9. The summed E-state index contributed by atoms with van der Waals surface area (Å²) in [5.41, 5.74) is 1.98. The first-order chi connectivity index (χ1) is 14.1. The van der Waals surface area contributed by atoms with Crippen molar-refractivity contribution in [2.45, 2.75) is 26.4 Å². The highest BCUT2D eigenvalue weighted by Gasteiger charge is 2.19. The van der Waals surface area contributed by atoms with Crippen LogP contribution >= 0.6 is 11.3 Å². The number of carbonyl (C=O) groups excluding carboxylic acids is 2. The summed E-state index contributed by atoms with van der Waals surface area (Å²) < 4.78 is 5.52. The lowest BCUT2D eigenvalue weighted by Crippen LogP contribution is -2.28. The normalized spacial score (nSPS) is 11.5. The lowest BCUT2D eigenvalue weighted by atomic mass is 9.98. The topological polar surface area (TPSA) is 67.4 Å². The highest BCUT2D eigenvalue weighted by molar-refractivity contribution is 7.14. The monoisotopic (exact) mass is 408 g/mol. The molecule has 1 aromatic heterocycles. The number of ether oxygens (including phenoxy) is 1. The Labute approximate surface area is 174 Å². The van der Waals surface area contributed by atoms with Crippen LogP contribution in [0.2, 0.25) is 0 Å². The second-order valence-corrected chi connectivity index (χ2v) is 7.66. The standard InChI is InChI=1S/C23H24N2O3S/c1-3-28-19-11-9-18(10-12-19)22(17-7-5-4-6-8-17)25-23(27)21-14-13-20(29-21)15-24-16(2)26/h4-14,22H,3,15H2,1-2H3,(H,24,26)(H,25,27). The molecule has 0 saturated heterocycles. The fourth-order valence-electron chi connectivity index (χ4n) is 2.94. The number of benzene rings is 2. The minimum Gasteiger partial charge on any atom is -0.494 e. The van der Waals surface area contributed by atoms with Gasteiger partial charge in [0.05, 0.1) is 24.1 Å². The van der Waals surface area contributed by atoms with E-state index in [1.807, 2.05) is 67.6 Å². The SMILES string of the molecule is CCOc1ccc(C(NC(=O)c2ccc(CNC(C)=O)s2)c2ccccc2)cc1. The molecule has 3 rings (SSSR count). The van der Waals surface area contributed by atoms with E-state index in [4.69, 9.17) is 4.74 Å². The number of hydrogen-bond donors (Lipinski definition) is 2. The predicted molar refractivity (Wildman–Crippen MR) is 115 cm³/mol. The second kappa shape index (κ2) is 9.89. The van der Waals surface area contributed by atoms with E-state index in [0.29, 0.717) is 18.0 Å². The third kappa shape index (κ3) is 5.68. The van der Waals surface area contributed by atoms with Crippen LogP contribution in [0.25, 0.3) is 0 Å². The largest absolute Gasteiger partial charge is 0.494 e. The highest BCUT2D eigenvalue weighted by Crippen LogP contribution is 2.26. The van der Waals surface area contributed by atoms with Gasteiger partial charge in [-0.2, -0.15) is 0 Å². The molecule has 5 nitrogen and oxygen atoms in total. The highest BCUT2D eigenvalue weighted by atomic mass is 32.1. The van der Waals surface area contributed by atoms with Gasteiger partial charge in [0.2, 0.25) is 5.91 Å². The molecule has 0 radical (unpaired) electrons. The fourth-order valence-corrected chi connectivity index (χ4v) is 3.79. The van der Waals surface area contributed by atoms with Crippen molar-refractivity contribution in [1.82, 2.24) is 10.6 Å². The zero-order valence-corrected chi connectivity index (χ0v) is 17.3. The molecule has 0 saturated carbocycles. The Morgan fingerprint density at radius 1 is 0.966 bits per heavy atom. The van der Waals surface area contributed by atoms with E-state index in [-0.39, 0.29) is 17.9 Å². The van der Waals surface area contributed by atoms with Gasteiger partial charge in [0.1, 0.15) is 5.75 Å². The van der Waals surface area contributed by atoms with Crippen LogP contribution in [0.15, 0.2) is 66.7 Å². The van der Waals surface area contributed by atoms with Gasteiger partial charge in [-0.1, -0.05) is 42.5 Å². The van der Waals surface area contributed by atoms with Crippen molar-refractivity contribution in [3.05, 3.63) is 87.6 Å². The average molecular weight is 409 g/mol. The fraction of sp³-hybridized carbons (Fsp3) is 0.217. The molecule has 3 aromatic rings. The van der Waals surface area contributed by atoms with Crippen LogP contribution < -0.4 is 15.4 Å². The number of amides is 2. The smallest absolute Gasteiger partial charge is 0.262 e. The number of hydrogen-bond acceptors (Lipinski definition) is 4. The van der Waals surface area contributed by atoms with Crippen LogP contribution in [0, 0.1) is 0 Å². The Kier molecular flexibility index (Phi) is 7.03. The molecule has 1 unspecified atom stereocenters. The molecule has 0 aliphatic heterocycles. The second-order valence-electron chi connectivity index (χ2n) is 6.49. The van der Waals surface area contributed by atoms with Crippen LogP contribution in [0.4, 0.5) is 0 Å². The Balaban J connectivity index is 1.80. The van der Waals surface area contributed by atoms with Crippen molar-refractivity contribution in [2.24, 2.45) is 0 Å². The average Bonchev–Trinajstić information content (AvgIpc) is 3.21. The van der Waals surface area contributed by atoms with Gasteiger partial charge in [0.25, 0.3) is 5.91 Å². The summed E-state index contributed by atoms with van der Waals surface area (Å²) in [4.78, 5) is 25.5. The molecule has 0 bridgehead atoms. The molecule has 0 aliphatic rings. The van der Waals surface area contributed by atoms with Gasteiger partial charge >= 0.3 is 0 Å². The number of thiophene rings is 1. The molecule has 2 aromatic carbocycles. The molecule has 6 heteroatoms. The van der Waals surface area contributed by atoms with E-state index in [0.717, 1.165) is 21.8 Å². The first-order valence-corrected chi connectivity index (χ1v) is 10.3. The lowest BCUT2D eigenvalue weighted by Gasteiger charge is -2.20. The van der Waals surface area contributed by atoms with Gasteiger partial charge in [-0.25, -0.2) is 0 Å². The Morgan fingerprint density at radius 2 is 1.66 bits per heavy atom. The first-order valence-electron chi connectivity index (χ1n) is 9.48. The van der Waals surface area contributed by atoms with E-state index in [2.05, 4.69) is 10.6 Å². The van der Waals surface area contributed by atoms with Crippen LogP contribution in [0.3, 0.4) is 0 Å². The molecular weight excluding hydrogens is 384 g/mol. The zero-order chi connectivity index (χ0) is 20.6. The third-order valence-corrected chi connectivity index (χ3v) is 5.41. The molecule has 2 amide bonds. The number of carbonyl (C=O) groups is 2. The summed E-state index contributed by atoms with van der Waals surface area (Å²) in [5.74, 6) is 0.561. The zero-order valence-electron chi connectivity index (χ0n) is 16.5. The molecule has 29 heavy (non-hydrogen) atoms. The number of rotatable bonds is 8. The summed E-state index contributed by atoms with van der Waals surface area (Å²) in [7, 11) is 0. The van der Waals surface area contributed by atoms with Gasteiger partial charge in [-0.15, -0.1) is 11.3 Å². The van der Waals surface area contributed by atoms with Crippen LogP contribution in [-0.2, 0) is 11.3 Å². The van der Waals surface area contributed by atoms with E-state index in [1.165, 1.54) is 18.3 Å². The van der Waals surface area contributed by atoms with Crippen LogP contribution in [0.1, 0.15) is 45.6 Å². The maximum Gasteiger partial charge on any atom is 0.262 e. The molecule has 0 spiro atoms. The quantitative estimate of drug-likeness (QED) is 0.584. The third-order valence-electron chi connectivity index (χ3n) is 4.33. The summed E-state index contributed by atoms with van der Waals surface area (Å²) >= 11 is 1.38.